The van der Waals surface area contributed by atoms with E-state index in [0.717, 1.165) is 18.0 Å². The van der Waals surface area contributed by atoms with E-state index in [9.17, 15) is 18.0 Å². The maximum Gasteiger partial charge on any atom is 0.417 e. The lowest BCUT2D eigenvalue weighted by atomic mass is 10.3. The lowest BCUT2D eigenvalue weighted by Gasteiger charge is -2.17. The zero-order valence-electron chi connectivity index (χ0n) is 13.5. The zero-order valence-corrected chi connectivity index (χ0v) is 13.5. The average molecular weight is 354 g/mol. The Morgan fingerprint density at radius 2 is 2.16 bits per heavy atom. The molecule has 134 valence electrons. The van der Waals surface area contributed by atoms with Crippen LogP contribution in [0.15, 0.2) is 30.6 Å². The number of rotatable bonds is 4. The second kappa shape index (κ2) is 6.73. The Morgan fingerprint density at radius 1 is 1.36 bits per heavy atom. The SMILES string of the molecule is Cc1ccn(CC(=O)N2CCC(Oc3ccc(C(F)(F)F)cn3)C2)n1. The van der Waals surface area contributed by atoms with Gasteiger partial charge in [0.1, 0.15) is 12.6 Å². The highest BCUT2D eigenvalue weighted by Gasteiger charge is 2.31. The molecule has 1 saturated heterocycles. The predicted octanol–water partition coefficient (Wildman–Crippen LogP) is 2.29. The van der Waals surface area contributed by atoms with Gasteiger partial charge in [-0.05, 0) is 19.1 Å². The van der Waals surface area contributed by atoms with Crippen LogP contribution < -0.4 is 4.74 Å². The summed E-state index contributed by atoms with van der Waals surface area (Å²) in [6.45, 7) is 2.91. The van der Waals surface area contributed by atoms with Crippen LogP contribution in [0.4, 0.5) is 13.2 Å². The standard InChI is InChI=1S/C16H17F3N4O2/c1-11-4-7-23(21-11)10-15(24)22-6-5-13(9-22)25-14-3-2-12(8-20-14)16(17,18)19/h2-4,7-8,13H,5-6,9-10H2,1H3. The Balaban J connectivity index is 1.53. The lowest BCUT2D eigenvalue weighted by Crippen LogP contribution is -2.33. The van der Waals surface area contributed by atoms with Gasteiger partial charge in [-0.3, -0.25) is 9.48 Å². The van der Waals surface area contributed by atoms with Gasteiger partial charge in [0.05, 0.1) is 17.8 Å². The molecular weight excluding hydrogens is 337 g/mol. The maximum absolute atomic E-state index is 12.5. The first-order valence-corrected chi connectivity index (χ1v) is 7.79. The van der Waals surface area contributed by atoms with Gasteiger partial charge in [0.2, 0.25) is 11.8 Å². The van der Waals surface area contributed by atoms with E-state index in [-0.39, 0.29) is 24.4 Å². The number of pyridine rings is 1. The van der Waals surface area contributed by atoms with E-state index in [1.54, 1.807) is 15.8 Å². The summed E-state index contributed by atoms with van der Waals surface area (Å²) < 4.78 is 44.7. The minimum atomic E-state index is -4.42. The molecule has 0 aliphatic carbocycles. The highest BCUT2D eigenvalue weighted by Crippen LogP contribution is 2.29. The van der Waals surface area contributed by atoms with Crippen LogP contribution in [-0.4, -0.2) is 44.8 Å². The van der Waals surface area contributed by atoms with Gasteiger partial charge < -0.3 is 9.64 Å². The molecule has 2 aromatic rings. The summed E-state index contributed by atoms with van der Waals surface area (Å²) in [5.74, 6) is 0.0459. The van der Waals surface area contributed by atoms with Crippen molar-refractivity contribution in [3.63, 3.8) is 0 Å². The molecule has 1 aliphatic rings. The van der Waals surface area contributed by atoms with Crippen LogP contribution in [0.3, 0.4) is 0 Å². The fourth-order valence-corrected chi connectivity index (χ4v) is 2.63. The van der Waals surface area contributed by atoms with Crippen LogP contribution in [0.5, 0.6) is 5.88 Å². The fourth-order valence-electron chi connectivity index (χ4n) is 2.63. The molecule has 1 amide bonds. The van der Waals surface area contributed by atoms with E-state index in [1.807, 2.05) is 13.0 Å². The number of carbonyl (C=O) groups is 1. The Kier molecular flexibility index (Phi) is 4.65. The van der Waals surface area contributed by atoms with Crippen LogP contribution in [0.2, 0.25) is 0 Å². The Morgan fingerprint density at radius 3 is 2.76 bits per heavy atom. The van der Waals surface area contributed by atoms with Crippen molar-refractivity contribution in [3.8, 4) is 5.88 Å². The number of amides is 1. The average Bonchev–Trinajstić information content (AvgIpc) is 3.16. The molecule has 3 heterocycles. The van der Waals surface area contributed by atoms with Gasteiger partial charge >= 0.3 is 6.18 Å². The molecule has 1 unspecified atom stereocenters. The summed E-state index contributed by atoms with van der Waals surface area (Å²) in [5.41, 5.74) is 0.0152. The largest absolute Gasteiger partial charge is 0.472 e. The predicted molar refractivity (Wildman–Crippen MR) is 81.8 cm³/mol. The first-order valence-electron chi connectivity index (χ1n) is 7.79. The van der Waals surface area contributed by atoms with E-state index in [0.29, 0.717) is 19.5 Å². The Bertz CT molecular complexity index is 743. The summed E-state index contributed by atoms with van der Waals surface area (Å²) in [7, 11) is 0. The summed E-state index contributed by atoms with van der Waals surface area (Å²) in [6, 6.07) is 3.94. The molecule has 0 radical (unpaired) electrons. The first kappa shape index (κ1) is 17.2. The zero-order chi connectivity index (χ0) is 18.0. The summed E-state index contributed by atoms with van der Waals surface area (Å²) in [4.78, 5) is 17.6. The van der Waals surface area contributed by atoms with Crippen LogP contribution in [-0.2, 0) is 17.5 Å². The molecule has 0 bridgehead atoms. The number of aromatic nitrogens is 3. The number of alkyl halides is 3. The van der Waals surface area contributed by atoms with Crippen molar-refractivity contribution >= 4 is 5.91 Å². The number of aryl methyl sites for hydroxylation is 1. The van der Waals surface area contributed by atoms with Gasteiger partial charge in [-0.15, -0.1) is 0 Å². The Labute approximate surface area is 142 Å². The van der Waals surface area contributed by atoms with Gasteiger partial charge in [0.25, 0.3) is 0 Å². The molecule has 2 aromatic heterocycles. The summed E-state index contributed by atoms with van der Waals surface area (Å²) in [5, 5.41) is 4.17. The number of carbonyl (C=O) groups excluding carboxylic acids is 1. The molecule has 0 spiro atoms. The molecule has 1 atom stereocenters. The molecule has 1 fully saturated rings. The van der Waals surface area contributed by atoms with Crippen molar-refractivity contribution in [1.29, 1.82) is 0 Å². The molecule has 9 heteroatoms. The van der Waals surface area contributed by atoms with E-state index in [1.165, 1.54) is 6.07 Å². The number of hydrogen-bond acceptors (Lipinski definition) is 4. The molecule has 0 saturated carbocycles. The van der Waals surface area contributed by atoms with Crippen molar-refractivity contribution in [2.75, 3.05) is 13.1 Å². The number of hydrogen-bond donors (Lipinski definition) is 0. The molecule has 3 rings (SSSR count). The second-order valence-corrected chi connectivity index (χ2v) is 5.91. The van der Waals surface area contributed by atoms with Gasteiger partial charge in [-0.1, -0.05) is 0 Å². The molecule has 6 nitrogen and oxygen atoms in total. The summed E-state index contributed by atoms with van der Waals surface area (Å²) in [6.07, 6.45) is -1.62. The van der Waals surface area contributed by atoms with Gasteiger partial charge in [0, 0.05) is 31.4 Å². The van der Waals surface area contributed by atoms with Crippen LogP contribution in [0.25, 0.3) is 0 Å². The van der Waals surface area contributed by atoms with Crippen LogP contribution in [0.1, 0.15) is 17.7 Å². The van der Waals surface area contributed by atoms with Crippen LogP contribution >= 0.6 is 0 Å². The number of ether oxygens (including phenoxy) is 1. The second-order valence-electron chi connectivity index (χ2n) is 5.91. The van der Waals surface area contributed by atoms with Gasteiger partial charge in [0.15, 0.2) is 0 Å². The Hall–Kier alpha value is -2.58. The minimum Gasteiger partial charge on any atom is -0.472 e. The normalized spacial score (nSPS) is 17.8. The van der Waals surface area contributed by atoms with E-state index >= 15 is 0 Å². The van der Waals surface area contributed by atoms with E-state index in [2.05, 4.69) is 10.1 Å². The maximum atomic E-state index is 12.5. The first-order chi connectivity index (χ1) is 11.8. The molecular formula is C16H17F3N4O2. The van der Waals surface area contributed by atoms with Crippen molar-refractivity contribution in [2.45, 2.75) is 32.2 Å². The lowest BCUT2D eigenvalue weighted by molar-refractivity contribution is -0.138. The smallest absolute Gasteiger partial charge is 0.417 e. The third kappa shape index (κ3) is 4.28. The highest BCUT2D eigenvalue weighted by molar-refractivity contribution is 5.76. The van der Waals surface area contributed by atoms with Gasteiger partial charge in [-0.25, -0.2) is 4.98 Å². The quantitative estimate of drug-likeness (QED) is 0.845. The highest BCUT2D eigenvalue weighted by atomic mass is 19.4. The molecule has 0 N–H and O–H groups in total. The molecule has 1 aliphatic heterocycles. The number of likely N-dealkylation sites (tertiary alicyclic amines) is 1. The third-order valence-electron chi connectivity index (χ3n) is 3.92. The molecule has 0 aromatic carbocycles. The van der Waals surface area contributed by atoms with Gasteiger partial charge in [-0.2, -0.15) is 18.3 Å². The van der Waals surface area contributed by atoms with E-state index < -0.39 is 11.7 Å². The van der Waals surface area contributed by atoms with E-state index in [4.69, 9.17) is 4.74 Å². The van der Waals surface area contributed by atoms with Crippen molar-refractivity contribution in [2.24, 2.45) is 0 Å². The van der Waals surface area contributed by atoms with Crippen molar-refractivity contribution < 1.29 is 22.7 Å². The number of nitrogens with zero attached hydrogens (tertiary/aromatic N) is 4. The number of halogens is 3. The van der Waals surface area contributed by atoms with Crippen LogP contribution in [0, 0.1) is 6.92 Å². The fraction of sp³-hybridized carbons (Fsp3) is 0.438. The molecule has 25 heavy (non-hydrogen) atoms. The third-order valence-corrected chi connectivity index (χ3v) is 3.92. The minimum absolute atomic E-state index is 0.0745. The monoisotopic (exact) mass is 354 g/mol. The topological polar surface area (TPSA) is 60.2 Å². The summed E-state index contributed by atoms with van der Waals surface area (Å²) >= 11 is 0. The van der Waals surface area contributed by atoms with Crippen molar-refractivity contribution in [1.82, 2.24) is 19.7 Å². The van der Waals surface area contributed by atoms with Crippen molar-refractivity contribution in [3.05, 3.63) is 41.9 Å².